The molecule has 84 valence electrons. The maximum atomic E-state index is 9.97. The molecule has 0 fully saturated rings. The van der Waals surface area contributed by atoms with Crippen LogP contribution in [-0.4, -0.2) is 14.7 Å². The summed E-state index contributed by atoms with van der Waals surface area (Å²) in [5.74, 6) is 1.38. The van der Waals surface area contributed by atoms with E-state index in [9.17, 15) is 5.11 Å². The van der Waals surface area contributed by atoms with Crippen LogP contribution in [-0.2, 0) is 6.42 Å². The molecule has 0 saturated heterocycles. The molecule has 3 heterocycles. The molecule has 2 aromatic heterocycles. The first-order chi connectivity index (χ1) is 7.75. The highest BCUT2D eigenvalue weighted by atomic mass is 79.9. The van der Waals surface area contributed by atoms with Crippen LogP contribution < -0.4 is 0 Å². The van der Waals surface area contributed by atoms with E-state index in [2.05, 4.69) is 20.9 Å². The second-order valence-corrected chi connectivity index (χ2v) is 4.70. The van der Waals surface area contributed by atoms with Gasteiger partial charge >= 0.3 is 0 Å². The Kier molecular flexibility index (Phi) is 2.37. The van der Waals surface area contributed by atoms with Gasteiger partial charge in [-0.25, -0.2) is 4.98 Å². The van der Waals surface area contributed by atoms with E-state index in [-0.39, 0.29) is 0 Å². The van der Waals surface area contributed by atoms with E-state index < -0.39 is 6.23 Å². The number of imidazole rings is 1. The van der Waals surface area contributed by atoms with Gasteiger partial charge in [0.1, 0.15) is 6.23 Å². The molecule has 16 heavy (non-hydrogen) atoms. The van der Waals surface area contributed by atoms with E-state index in [1.54, 1.807) is 0 Å². The van der Waals surface area contributed by atoms with Gasteiger partial charge in [-0.3, -0.25) is 4.57 Å². The van der Waals surface area contributed by atoms with E-state index >= 15 is 0 Å². The van der Waals surface area contributed by atoms with Crippen molar-refractivity contribution in [2.75, 3.05) is 0 Å². The Morgan fingerprint density at radius 3 is 3.12 bits per heavy atom. The summed E-state index contributed by atoms with van der Waals surface area (Å²) >= 11 is 3.26. The Balaban J connectivity index is 2.12. The molecule has 2 aromatic rings. The van der Waals surface area contributed by atoms with Crippen molar-refractivity contribution in [1.29, 1.82) is 0 Å². The lowest BCUT2D eigenvalue weighted by molar-refractivity contribution is 0.0802. The maximum Gasteiger partial charge on any atom is 0.178 e. The summed E-state index contributed by atoms with van der Waals surface area (Å²) in [5, 5.41) is 9.97. The number of rotatable bonds is 1. The van der Waals surface area contributed by atoms with Crippen LogP contribution in [0.2, 0.25) is 0 Å². The first kappa shape index (κ1) is 10.1. The molecule has 1 N–H and O–H groups in total. The molecular formula is C11H11BrN2O2. The average molecular weight is 283 g/mol. The highest BCUT2D eigenvalue weighted by Crippen LogP contribution is 2.31. The third kappa shape index (κ3) is 1.51. The highest BCUT2D eigenvalue weighted by Gasteiger charge is 2.23. The monoisotopic (exact) mass is 282 g/mol. The predicted molar refractivity (Wildman–Crippen MR) is 61.8 cm³/mol. The summed E-state index contributed by atoms with van der Waals surface area (Å²) in [6, 6.07) is 3.67. The van der Waals surface area contributed by atoms with Gasteiger partial charge in [0.05, 0.1) is 0 Å². The smallest absolute Gasteiger partial charge is 0.178 e. The summed E-state index contributed by atoms with van der Waals surface area (Å²) in [5.41, 5.74) is 1.07. The summed E-state index contributed by atoms with van der Waals surface area (Å²) in [6.07, 6.45) is 4.08. The number of furan rings is 1. The van der Waals surface area contributed by atoms with E-state index in [4.69, 9.17) is 4.42 Å². The second kappa shape index (κ2) is 3.75. The molecule has 4 nitrogen and oxygen atoms in total. The molecule has 1 atom stereocenters. The molecule has 0 amide bonds. The molecule has 1 aliphatic heterocycles. The lowest BCUT2D eigenvalue weighted by Gasteiger charge is -2.22. The third-order valence-electron chi connectivity index (χ3n) is 2.86. The zero-order valence-corrected chi connectivity index (χ0v) is 10.1. The molecule has 0 bridgehead atoms. The summed E-state index contributed by atoms with van der Waals surface area (Å²) in [4.78, 5) is 4.32. The van der Waals surface area contributed by atoms with Gasteiger partial charge in [-0.05, 0) is 47.3 Å². The van der Waals surface area contributed by atoms with Crippen molar-refractivity contribution in [2.45, 2.75) is 25.5 Å². The van der Waals surface area contributed by atoms with Crippen LogP contribution >= 0.6 is 15.9 Å². The summed E-state index contributed by atoms with van der Waals surface area (Å²) in [6.45, 7) is 0. The van der Waals surface area contributed by atoms with Gasteiger partial charge in [0.15, 0.2) is 16.3 Å². The van der Waals surface area contributed by atoms with Crippen LogP contribution in [0.3, 0.4) is 0 Å². The predicted octanol–water partition coefficient (Wildman–Crippen LogP) is 2.73. The normalized spacial score (nSPS) is 19.8. The Morgan fingerprint density at radius 2 is 2.38 bits per heavy atom. The molecule has 0 radical (unpaired) electrons. The van der Waals surface area contributed by atoms with Gasteiger partial charge in [0, 0.05) is 11.9 Å². The zero-order valence-electron chi connectivity index (χ0n) is 8.56. The number of aliphatic hydroxyl groups excluding tert-OH is 1. The van der Waals surface area contributed by atoms with Crippen LogP contribution in [0.4, 0.5) is 0 Å². The summed E-state index contributed by atoms with van der Waals surface area (Å²) in [7, 11) is 0. The highest BCUT2D eigenvalue weighted by molar-refractivity contribution is 9.10. The molecular weight excluding hydrogens is 272 g/mol. The molecule has 0 spiro atoms. The zero-order chi connectivity index (χ0) is 11.1. The van der Waals surface area contributed by atoms with Crippen molar-refractivity contribution in [3.63, 3.8) is 0 Å². The minimum atomic E-state index is -0.481. The van der Waals surface area contributed by atoms with E-state index in [0.717, 1.165) is 25.0 Å². The molecule has 0 aromatic carbocycles. The molecule has 1 unspecified atom stereocenters. The van der Waals surface area contributed by atoms with Crippen LogP contribution in [0, 0.1) is 0 Å². The second-order valence-electron chi connectivity index (χ2n) is 3.92. The molecule has 5 heteroatoms. The van der Waals surface area contributed by atoms with Crippen molar-refractivity contribution < 1.29 is 9.52 Å². The van der Waals surface area contributed by atoms with E-state index in [0.29, 0.717) is 16.3 Å². The number of halogens is 1. The number of aromatic nitrogens is 2. The molecule has 1 aliphatic rings. The van der Waals surface area contributed by atoms with Crippen molar-refractivity contribution in [2.24, 2.45) is 0 Å². The Hall–Kier alpha value is -1.07. The van der Waals surface area contributed by atoms with Crippen LogP contribution in [0.25, 0.3) is 11.6 Å². The first-order valence-corrected chi connectivity index (χ1v) is 6.05. The van der Waals surface area contributed by atoms with Crippen LogP contribution in [0.1, 0.15) is 24.8 Å². The first-order valence-electron chi connectivity index (χ1n) is 5.25. The fraction of sp³-hybridized carbons (Fsp3) is 0.364. The largest absolute Gasteiger partial charge is 0.446 e. The van der Waals surface area contributed by atoms with Gasteiger partial charge in [0.25, 0.3) is 0 Å². The molecule has 3 rings (SSSR count). The Bertz CT molecular complexity index is 518. The van der Waals surface area contributed by atoms with Crippen molar-refractivity contribution in [3.8, 4) is 11.6 Å². The number of hydrogen-bond acceptors (Lipinski definition) is 3. The number of fused-ring (bicyclic) bond motifs is 1. The lowest BCUT2D eigenvalue weighted by atomic mass is 10.1. The minimum absolute atomic E-state index is 0.481. The number of aryl methyl sites for hydroxylation is 1. The third-order valence-corrected chi connectivity index (χ3v) is 3.29. The standard InChI is InChI=1S/C11H11BrN2O2/c12-9-5-4-8(16-9)11-13-6-7-2-1-3-10(15)14(7)11/h4-6,10,15H,1-3H2. The fourth-order valence-corrected chi connectivity index (χ4v) is 2.43. The summed E-state index contributed by atoms with van der Waals surface area (Å²) < 4.78 is 7.99. The van der Waals surface area contributed by atoms with Gasteiger partial charge < -0.3 is 9.52 Å². The molecule has 0 saturated carbocycles. The lowest BCUT2D eigenvalue weighted by Crippen LogP contribution is -2.17. The van der Waals surface area contributed by atoms with Gasteiger partial charge in [-0.1, -0.05) is 0 Å². The molecule has 0 aliphatic carbocycles. The van der Waals surface area contributed by atoms with E-state index in [1.807, 2.05) is 22.9 Å². The van der Waals surface area contributed by atoms with Gasteiger partial charge in [-0.2, -0.15) is 0 Å². The Labute approximate surface area is 101 Å². The van der Waals surface area contributed by atoms with Crippen molar-refractivity contribution in [3.05, 3.63) is 28.7 Å². The average Bonchev–Trinajstić information content (AvgIpc) is 2.84. The number of nitrogens with zero attached hydrogens (tertiary/aromatic N) is 2. The van der Waals surface area contributed by atoms with Crippen LogP contribution in [0.5, 0.6) is 0 Å². The fourth-order valence-electron chi connectivity index (χ4n) is 2.13. The SMILES string of the molecule is OC1CCCc2cnc(-c3ccc(Br)o3)n21. The van der Waals surface area contributed by atoms with Crippen molar-refractivity contribution >= 4 is 15.9 Å². The van der Waals surface area contributed by atoms with Crippen LogP contribution in [0.15, 0.2) is 27.4 Å². The quantitative estimate of drug-likeness (QED) is 0.875. The van der Waals surface area contributed by atoms with Gasteiger partial charge in [0.2, 0.25) is 0 Å². The van der Waals surface area contributed by atoms with Gasteiger partial charge in [-0.15, -0.1) is 0 Å². The topological polar surface area (TPSA) is 51.2 Å². The Morgan fingerprint density at radius 1 is 1.50 bits per heavy atom. The number of hydrogen-bond donors (Lipinski definition) is 1. The number of aliphatic hydroxyl groups is 1. The minimum Gasteiger partial charge on any atom is -0.446 e. The van der Waals surface area contributed by atoms with E-state index in [1.165, 1.54) is 0 Å². The van der Waals surface area contributed by atoms with Crippen molar-refractivity contribution in [1.82, 2.24) is 9.55 Å². The maximum absolute atomic E-state index is 9.97.